The number of carbonyl (C=O) groups is 2. The summed E-state index contributed by atoms with van der Waals surface area (Å²) in [5.41, 5.74) is -1.54. The number of unbranched alkanes of at least 4 members (excludes halogenated alkanes) is 1. The van der Waals surface area contributed by atoms with Crippen LogP contribution in [-0.4, -0.2) is 41.7 Å². The van der Waals surface area contributed by atoms with Gasteiger partial charge in [-0.2, -0.15) is 0 Å². The van der Waals surface area contributed by atoms with Crippen molar-refractivity contribution >= 4 is 19.9 Å². The third-order valence-electron chi connectivity index (χ3n) is 3.11. The Morgan fingerprint density at radius 3 is 2.22 bits per heavy atom. The molecule has 1 atom stereocenters. The van der Waals surface area contributed by atoms with E-state index in [2.05, 4.69) is 5.32 Å². The summed E-state index contributed by atoms with van der Waals surface area (Å²) >= 11 is 0. The summed E-state index contributed by atoms with van der Waals surface area (Å²) in [6.45, 7) is 10.3. The van der Waals surface area contributed by atoms with Gasteiger partial charge < -0.3 is 15.2 Å². The van der Waals surface area contributed by atoms with E-state index in [9.17, 15) is 14.2 Å². The smallest absolute Gasteiger partial charge is 0.478 e. The summed E-state index contributed by atoms with van der Waals surface area (Å²) in [6, 6.07) is 0. The molecule has 27 heavy (non-hydrogen) atoms. The molecule has 1 unspecified atom stereocenters. The molecular weight excluding hydrogens is 377 g/mol. The highest BCUT2D eigenvalue weighted by Gasteiger charge is 2.39. The number of hydrogen-bond donors (Lipinski definition) is 2. The molecule has 0 spiro atoms. The Hall–Kier alpha value is -1.15. The fourth-order valence-corrected chi connectivity index (χ4v) is 3.67. The normalized spacial score (nSPS) is 14.4. The van der Waals surface area contributed by atoms with E-state index in [1.165, 1.54) is 0 Å². The SMILES string of the molecule is CCCCC(C)(C)OP(=O)(OCOC(=O)NCCCC(=O)O)OC(C)(C)C. The van der Waals surface area contributed by atoms with E-state index < -0.39 is 37.9 Å². The third kappa shape index (κ3) is 14.6. The van der Waals surface area contributed by atoms with Crippen LogP contribution in [0.5, 0.6) is 0 Å². The number of nitrogens with one attached hydrogen (secondary N) is 1. The highest BCUT2D eigenvalue weighted by Crippen LogP contribution is 2.56. The first kappa shape index (κ1) is 25.9. The van der Waals surface area contributed by atoms with Crippen LogP contribution in [0.3, 0.4) is 0 Å². The Bertz CT molecular complexity index is 516. The number of carboxylic acid groups (broad SMARTS) is 1. The minimum absolute atomic E-state index is 0.0634. The van der Waals surface area contributed by atoms with Crippen molar-refractivity contribution in [2.45, 2.75) is 84.8 Å². The predicted molar refractivity (Wildman–Crippen MR) is 100 cm³/mol. The van der Waals surface area contributed by atoms with Gasteiger partial charge in [-0.25, -0.2) is 13.9 Å². The number of phosphoric acid groups is 1. The molecule has 0 aromatic heterocycles. The van der Waals surface area contributed by atoms with Crippen molar-refractivity contribution in [2.75, 3.05) is 13.3 Å². The van der Waals surface area contributed by atoms with E-state index in [0.29, 0.717) is 6.42 Å². The molecule has 2 N–H and O–H groups in total. The lowest BCUT2D eigenvalue weighted by atomic mass is 10.0. The molecule has 9 nitrogen and oxygen atoms in total. The second-order valence-corrected chi connectivity index (χ2v) is 9.23. The summed E-state index contributed by atoms with van der Waals surface area (Å²) in [5, 5.41) is 10.9. The molecule has 0 aromatic rings. The highest BCUT2D eigenvalue weighted by atomic mass is 31.2. The van der Waals surface area contributed by atoms with Gasteiger partial charge in [0.05, 0.1) is 11.2 Å². The van der Waals surface area contributed by atoms with Crippen molar-refractivity contribution in [1.82, 2.24) is 5.32 Å². The third-order valence-corrected chi connectivity index (χ3v) is 5.03. The van der Waals surface area contributed by atoms with Gasteiger partial charge in [0, 0.05) is 13.0 Å². The van der Waals surface area contributed by atoms with E-state index in [0.717, 1.165) is 12.8 Å². The fourth-order valence-electron chi connectivity index (χ4n) is 1.98. The number of ether oxygens (including phenoxy) is 1. The Labute approximate surface area is 161 Å². The van der Waals surface area contributed by atoms with Crippen molar-refractivity contribution in [1.29, 1.82) is 0 Å². The summed E-state index contributed by atoms with van der Waals surface area (Å²) in [5.74, 6) is -0.948. The highest BCUT2D eigenvalue weighted by molar-refractivity contribution is 7.48. The molecule has 0 heterocycles. The zero-order valence-corrected chi connectivity index (χ0v) is 18.1. The van der Waals surface area contributed by atoms with Gasteiger partial charge in [-0.05, 0) is 47.5 Å². The van der Waals surface area contributed by atoms with Gasteiger partial charge in [0.2, 0.25) is 6.79 Å². The number of hydrogen-bond acceptors (Lipinski definition) is 7. The molecule has 0 fully saturated rings. The average Bonchev–Trinajstić information content (AvgIpc) is 2.46. The molecule has 0 aliphatic carbocycles. The first-order valence-electron chi connectivity index (χ1n) is 9.07. The fraction of sp³-hybridized carbons (Fsp3) is 0.882. The lowest BCUT2D eigenvalue weighted by Gasteiger charge is -2.32. The Balaban J connectivity index is 4.63. The average molecular weight is 411 g/mol. The topological polar surface area (TPSA) is 120 Å². The molecule has 0 radical (unpaired) electrons. The molecule has 0 bridgehead atoms. The maximum Gasteiger partial charge on any atom is 0.478 e. The lowest BCUT2D eigenvalue weighted by molar-refractivity contribution is -0.137. The van der Waals surface area contributed by atoms with Gasteiger partial charge in [0.15, 0.2) is 0 Å². The van der Waals surface area contributed by atoms with Gasteiger partial charge in [-0.15, -0.1) is 0 Å². The number of phosphoric ester groups is 1. The van der Waals surface area contributed by atoms with E-state index in [-0.39, 0.29) is 19.4 Å². The molecule has 10 heteroatoms. The minimum Gasteiger partial charge on any atom is -0.481 e. The van der Waals surface area contributed by atoms with E-state index >= 15 is 0 Å². The van der Waals surface area contributed by atoms with Crippen molar-refractivity contribution in [3.05, 3.63) is 0 Å². The Morgan fingerprint density at radius 1 is 1.07 bits per heavy atom. The monoisotopic (exact) mass is 411 g/mol. The Kier molecular flexibility index (Phi) is 11.1. The Morgan fingerprint density at radius 2 is 1.70 bits per heavy atom. The number of carboxylic acids is 1. The predicted octanol–water partition coefficient (Wildman–Crippen LogP) is 4.46. The van der Waals surface area contributed by atoms with Crippen molar-refractivity contribution in [2.24, 2.45) is 0 Å². The standard InChI is InChI=1S/C17H34NO8P/c1-7-8-11-17(5,6)26-27(22,25-16(2,3)4)24-13-23-15(21)18-12-9-10-14(19)20/h7-13H2,1-6H3,(H,18,21)(H,19,20). The molecule has 160 valence electrons. The summed E-state index contributed by atoms with van der Waals surface area (Å²) in [4.78, 5) is 22.0. The second kappa shape index (κ2) is 11.6. The number of alkyl carbamates (subject to hydrolysis) is 1. The largest absolute Gasteiger partial charge is 0.481 e. The van der Waals surface area contributed by atoms with Crippen LogP contribution in [0.2, 0.25) is 0 Å². The maximum atomic E-state index is 13.0. The van der Waals surface area contributed by atoms with Crippen molar-refractivity contribution in [3.63, 3.8) is 0 Å². The van der Waals surface area contributed by atoms with Gasteiger partial charge in [-0.1, -0.05) is 19.8 Å². The van der Waals surface area contributed by atoms with Crippen LogP contribution in [0.4, 0.5) is 4.79 Å². The van der Waals surface area contributed by atoms with Crippen LogP contribution in [-0.2, 0) is 27.7 Å². The van der Waals surface area contributed by atoms with E-state index in [1.807, 2.05) is 6.92 Å². The van der Waals surface area contributed by atoms with Gasteiger partial charge in [0.25, 0.3) is 0 Å². The van der Waals surface area contributed by atoms with Crippen LogP contribution in [0.15, 0.2) is 0 Å². The number of rotatable bonds is 13. The number of carbonyl (C=O) groups excluding carboxylic acids is 1. The number of aliphatic carboxylic acids is 1. The zero-order valence-electron chi connectivity index (χ0n) is 17.2. The first-order chi connectivity index (χ1) is 12.3. The molecule has 0 aliphatic rings. The van der Waals surface area contributed by atoms with Crippen LogP contribution >= 0.6 is 7.82 Å². The molecule has 0 aliphatic heterocycles. The molecule has 1 amide bonds. The summed E-state index contributed by atoms with van der Waals surface area (Å²) < 4.78 is 34.1. The number of amides is 1. The van der Waals surface area contributed by atoms with Crippen molar-refractivity contribution in [3.8, 4) is 0 Å². The van der Waals surface area contributed by atoms with Gasteiger partial charge in [-0.3, -0.25) is 13.8 Å². The molecule has 0 rings (SSSR count). The van der Waals surface area contributed by atoms with E-state index in [1.54, 1.807) is 34.6 Å². The van der Waals surface area contributed by atoms with Crippen LogP contribution in [0, 0.1) is 0 Å². The molecular formula is C17H34NO8P. The summed E-state index contributed by atoms with van der Waals surface area (Å²) in [6.07, 6.45) is 1.90. The maximum absolute atomic E-state index is 13.0. The molecule has 0 saturated heterocycles. The van der Waals surface area contributed by atoms with Crippen molar-refractivity contribution < 1.29 is 37.6 Å². The van der Waals surface area contributed by atoms with E-state index in [4.69, 9.17) is 23.4 Å². The van der Waals surface area contributed by atoms with Crippen LogP contribution in [0.25, 0.3) is 0 Å². The first-order valence-corrected chi connectivity index (χ1v) is 10.5. The van der Waals surface area contributed by atoms with Gasteiger partial charge in [0.1, 0.15) is 0 Å². The zero-order chi connectivity index (χ0) is 21.1. The van der Waals surface area contributed by atoms with Crippen LogP contribution in [0.1, 0.15) is 73.6 Å². The second-order valence-electron chi connectivity index (χ2n) is 7.71. The molecule has 0 aromatic carbocycles. The van der Waals surface area contributed by atoms with Crippen LogP contribution < -0.4 is 5.32 Å². The summed E-state index contributed by atoms with van der Waals surface area (Å²) in [7, 11) is -3.99. The lowest BCUT2D eigenvalue weighted by Crippen LogP contribution is -2.29. The quantitative estimate of drug-likeness (QED) is 0.259. The molecule has 0 saturated carbocycles. The van der Waals surface area contributed by atoms with Gasteiger partial charge >= 0.3 is 19.9 Å². The minimum atomic E-state index is -3.99.